The molecule has 1 N–H and O–H groups in total. The van der Waals surface area contributed by atoms with E-state index in [2.05, 4.69) is 11.2 Å². The van der Waals surface area contributed by atoms with Crippen molar-refractivity contribution in [3.8, 4) is 5.75 Å². The summed E-state index contributed by atoms with van der Waals surface area (Å²) in [4.78, 5) is 18.2. The van der Waals surface area contributed by atoms with Gasteiger partial charge in [0.1, 0.15) is 18.1 Å². The first-order chi connectivity index (χ1) is 15.5. The van der Waals surface area contributed by atoms with Gasteiger partial charge in [0, 0.05) is 5.39 Å². The number of hydrogen-bond acceptors (Lipinski definition) is 6. The fraction of sp³-hybridized carbons (Fsp3) is 0.192. The molecule has 0 fully saturated rings. The molecule has 0 aliphatic heterocycles. The summed E-state index contributed by atoms with van der Waals surface area (Å²) >= 11 is 0. The number of carbonyl (C=O) groups excluding carboxylic acids is 1. The summed E-state index contributed by atoms with van der Waals surface area (Å²) in [5, 5.41) is 14.3. The summed E-state index contributed by atoms with van der Waals surface area (Å²) in [6.45, 7) is 3.75. The van der Waals surface area contributed by atoms with Crippen molar-refractivity contribution in [3.05, 3.63) is 87.9 Å². The molecule has 0 unspecified atom stereocenters. The number of aromatic nitrogens is 2. The average Bonchev–Trinajstić information content (AvgIpc) is 3.34. The minimum Gasteiger partial charge on any atom is -0.508 e. The van der Waals surface area contributed by atoms with Gasteiger partial charge in [-0.1, -0.05) is 35.5 Å². The van der Waals surface area contributed by atoms with E-state index in [1.807, 2.05) is 50.2 Å². The van der Waals surface area contributed by atoms with Crippen molar-refractivity contribution in [2.75, 3.05) is 0 Å². The van der Waals surface area contributed by atoms with E-state index in [4.69, 9.17) is 14.2 Å². The van der Waals surface area contributed by atoms with Crippen molar-refractivity contribution < 1.29 is 19.2 Å². The van der Waals surface area contributed by atoms with Crippen LogP contribution in [-0.2, 0) is 17.8 Å². The van der Waals surface area contributed by atoms with Crippen LogP contribution >= 0.6 is 0 Å². The maximum Gasteiger partial charge on any atom is 0.339 e. The molecular formula is C26H22N2O4. The molecule has 6 heteroatoms. The highest BCUT2D eigenvalue weighted by molar-refractivity contribution is 6.07. The number of pyridine rings is 1. The third-order valence-electron chi connectivity index (χ3n) is 5.91. The van der Waals surface area contributed by atoms with Crippen molar-refractivity contribution >= 4 is 28.5 Å². The molecule has 160 valence electrons. The molecule has 0 radical (unpaired) electrons. The van der Waals surface area contributed by atoms with Gasteiger partial charge in [-0.3, -0.25) is 0 Å². The van der Waals surface area contributed by atoms with Gasteiger partial charge in [-0.25, -0.2) is 9.78 Å². The van der Waals surface area contributed by atoms with Crippen LogP contribution in [0.15, 0.2) is 53.1 Å². The Bertz CT molecular complexity index is 1350. The molecule has 4 aromatic rings. The summed E-state index contributed by atoms with van der Waals surface area (Å²) in [6.07, 6.45) is 3.56. The summed E-state index contributed by atoms with van der Waals surface area (Å²) in [6, 6.07) is 14.7. The highest BCUT2D eigenvalue weighted by atomic mass is 16.5. The summed E-state index contributed by atoms with van der Waals surface area (Å²) in [7, 11) is 0. The van der Waals surface area contributed by atoms with Crippen LogP contribution < -0.4 is 0 Å². The van der Waals surface area contributed by atoms with Gasteiger partial charge in [0.15, 0.2) is 0 Å². The van der Waals surface area contributed by atoms with Gasteiger partial charge < -0.3 is 14.4 Å². The van der Waals surface area contributed by atoms with Crippen molar-refractivity contribution in [1.82, 2.24) is 10.1 Å². The Hall–Kier alpha value is -3.93. The number of rotatable bonds is 4. The molecule has 0 saturated heterocycles. The molecular weight excluding hydrogens is 404 g/mol. The molecule has 1 aliphatic carbocycles. The quantitative estimate of drug-likeness (QED) is 0.441. The van der Waals surface area contributed by atoms with Gasteiger partial charge in [-0.05, 0) is 67.7 Å². The molecule has 0 amide bonds. The van der Waals surface area contributed by atoms with Crippen LogP contribution in [0, 0.1) is 13.8 Å². The molecule has 5 rings (SSSR count). The van der Waals surface area contributed by atoms with Crippen LogP contribution in [-0.4, -0.2) is 21.2 Å². The van der Waals surface area contributed by atoms with E-state index in [9.17, 15) is 9.90 Å². The number of esters is 1. The number of aryl methyl sites for hydroxylation is 2. The number of phenols is 1. The number of aromatic hydroxyl groups is 1. The van der Waals surface area contributed by atoms with Crippen LogP contribution in [0.4, 0.5) is 0 Å². The number of carbonyl (C=O) groups is 1. The van der Waals surface area contributed by atoms with Gasteiger partial charge in [-0.2, -0.15) is 0 Å². The fourth-order valence-corrected chi connectivity index (χ4v) is 4.20. The molecule has 0 spiro atoms. The maximum absolute atomic E-state index is 13.3. The van der Waals surface area contributed by atoms with E-state index in [0.717, 1.165) is 51.0 Å². The van der Waals surface area contributed by atoms with Crippen molar-refractivity contribution in [1.29, 1.82) is 0 Å². The minimum atomic E-state index is -0.370. The first-order valence-corrected chi connectivity index (χ1v) is 10.5. The number of phenolic OH excluding ortho intramolecular Hbond substituents is 1. The van der Waals surface area contributed by atoms with Gasteiger partial charge >= 0.3 is 5.97 Å². The van der Waals surface area contributed by atoms with E-state index in [-0.39, 0.29) is 18.3 Å². The number of hydrogen-bond donors (Lipinski definition) is 1. The Labute approximate surface area is 185 Å². The second kappa shape index (κ2) is 7.96. The van der Waals surface area contributed by atoms with Crippen LogP contribution in [0.3, 0.4) is 0 Å². The van der Waals surface area contributed by atoms with Crippen LogP contribution in [0.25, 0.3) is 22.6 Å². The zero-order chi connectivity index (χ0) is 22.2. The SMILES string of the molecule is Cc1noc(C)c1COC(=O)c1c2c(nc3ccccc13)C(=Cc1ccc(O)cc1)CC2. The lowest BCUT2D eigenvalue weighted by Gasteiger charge is -2.12. The van der Waals surface area contributed by atoms with E-state index in [0.29, 0.717) is 17.7 Å². The normalized spacial score (nSPS) is 14.1. The lowest BCUT2D eigenvalue weighted by atomic mass is 10.0. The van der Waals surface area contributed by atoms with Crippen LogP contribution in [0.1, 0.15) is 50.6 Å². The van der Waals surface area contributed by atoms with Crippen molar-refractivity contribution in [3.63, 3.8) is 0 Å². The number of ether oxygens (including phenoxy) is 1. The van der Waals surface area contributed by atoms with E-state index in [1.54, 1.807) is 12.1 Å². The molecule has 2 aromatic carbocycles. The smallest absolute Gasteiger partial charge is 0.339 e. The monoisotopic (exact) mass is 426 g/mol. The van der Waals surface area contributed by atoms with Gasteiger partial charge in [0.25, 0.3) is 0 Å². The summed E-state index contributed by atoms with van der Waals surface area (Å²) < 4.78 is 10.9. The number of fused-ring (bicyclic) bond motifs is 2. The molecule has 2 heterocycles. The van der Waals surface area contributed by atoms with Gasteiger partial charge in [-0.15, -0.1) is 0 Å². The molecule has 6 nitrogen and oxygen atoms in total. The number of para-hydroxylation sites is 1. The molecule has 32 heavy (non-hydrogen) atoms. The largest absolute Gasteiger partial charge is 0.508 e. The van der Waals surface area contributed by atoms with Gasteiger partial charge in [0.2, 0.25) is 0 Å². The summed E-state index contributed by atoms with van der Waals surface area (Å²) in [5.74, 6) is 0.511. The third kappa shape index (κ3) is 3.54. The first-order valence-electron chi connectivity index (χ1n) is 10.5. The molecule has 1 aliphatic rings. The zero-order valence-corrected chi connectivity index (χ0v) is 17.9. The van der Waals surface area contributed by atoms with Gasteiger partial charge in [0.05, 0.1) is 28.0 Å². The minimum absolute atomic E-state index is 0.113. The molecule has 0 atom stereocenters. The van der Waals surface area contributed by atoms with Crippen LogP contribution in [0.2, 0.25) is 0 Å². The first kappa shape index (κ1) is 20.0. The number of nitrogens with zero attached hydrogens (tertiary/aromatic N) is 2. The highest BCUT2D eigenvalue weighted by Crippen LogP contribution is 2.38. The molecule has 2 aromatic heterocycles. The predicted molar refractivity (Wildman–Crippen MR) is 121 cm³/mol. The van der Waals surface area contributed by atoms with E-state index < -0.39 is 0 Å². The lowest BCUT2D eigenvalue weighted by Crippen LogP contribution is -2.11. The lowest BCUT2D eigenvalue weighted by molar-refractivity contribution is 0.0472. The van der Waals surface area contributed by atoms with Crippen molar-refractivity contribution in [2.24, 2.45) is 0 Å². The predicted octanol–water partition coefficient (Wildman–Crippen LogP) is 5.39. The fourth-order valence-electron chi connectivity index (χ4n) is 4.20. The number of allylic oxidation sites excluding steroid dienone is 1. The Morgan fingerprint density at radius 1 is 1.12 bits per heavy atom. The highest BCUT2D eigenvalue weighted by Gasteiger charge is 2.28. The second-order valence-corrected chi connectivity index (χ2v) is 7.97. The zero-order valence-electron chi connectivity index (χ0n) is 17.9. The Kier molecular flexibility index (Phi) is 4.98. The summed E-state index contributed by atoms with van der Waals surface area (Å²) in [5.41, 5.74) is 6.64. The average molecular weight is 426 g/mol. The maximum atomic E-state index is 13.3. The Morgan fingerprint density at radius 2 is 1.91 bits per heavy atom. The molecule has 0 bridgehead atoms. The third-order valence-corrected chi connectivity index (χ3v) is 5.91. The topological polar surface area (TPSA) is 85.5 Å². The van der Waals surface area contributed by atoms with Crippen molar-refractivity contribution in [2.45, 2.75) is 33.3 Å². The second-order valence-electron chi connectivity index (χ2n) is 7.97. The van der Waals surface area contributed by atoms with Crippen LogP contribution in [0.5, 0.6) is 5.75 Å². The Morgan fingerprint density at radius 3 is 2.66 bits per heavy atom. The molecule has 0 saturated carbocycles. The Balaban J connectivity index is 1.56. The number of benzene rings is 2. The van der Waals surface area contributed by atoms with E-state index in [1.165, 1.54) is 0 Å². The standard InChI is InChI=1S/C26H22N2O4/c1-15-22(16(2)32-28-15)14-31-26(30)24-20-5-3-4-6-23(20)27-25-18(9-12-21(24)25)13-17-7-10-19(29)11-8-17/h3-8,10-11,13,29H,9,12,14H2,1-2H3. The van der Waals surface area contributed by atoms with E-state index >= 15 is 0 Å².